The van der Waals surface area contributed by atoms with Crippen LogP contribution in [0, 0.1) is 0 Å². The second kappa shape index (κ2) is 7.18. The van der Waals surface area contributed by atoms with Crippen molar-refractivity contribution < 1.29 is 5.11 Å². The average Bonchev–Trinajstić information content (AvgIpc) is 2.30. The van der Waals surface area contributed by atoms with Gasteiger partial charge in [0.05, 0.1) is 10.6 Å². The third-order valence-corrected chi connectivity index (χ3v) is 4.59. The SMILES string of the molecule is CCCNc1ncnc(SC(C)C(C)O)c1Br. The Balaban J connectivity index is 2.79. The zero-order valence-corrected chi connectivity index (χ0v) is 12.7. The maximum atomic E-state index is 9.49. The Morgan fingerprint density at radius 3 is 2.76 bits per heavy atom. The van der Waals surface area contributed by atoms with Crippen LogP contribution in [0.1, 0.15) is 27.2 Å². The molecule has 1 aromatic heterocycles. The molecule has 0 aliphatic rings. The van der Waals surface area contributed by atoms with Crippen LogP contribution in [0.5, 0.6) is 0 Å². The third-order valence-electron chi connectivity index (χ3n) is 2.28. The lowest BCUT2D eigenvalue weighted by Gasteiger charge is -2.15. The van der Waals surface area contributed by atoms with Gasteiger partial charge in [-0.3, -0.25) is 0 Å². The topological polar surface area (TPSA) is 58.0 Å². The van der Waals surface area contributed by atoms with Gasteiger partial charge < -0.3 is 10.4 Å². The summed E-state index contributed by atoms with van der Waals surface area (Å²) in [5, 5.41) is 13.7. The minimum atomic E-state index is -0.367. The molecule has 2 atom stereocenters. The monoisotopic (exact) mass is 319 g/mol. The Labute approximate surface area is 115 Å². The molecule has 0 fully saturated rings. The molecular formula is C11H18BrN3OS. The molecule has 1 heterocycles. The van der Waals surface area contributed by atoms with Gasteiger partial charge in [0.25, 0.3) is 0 Å². The molecule has 96 valence electrons. The Hall–Kier alpha value is -0.330. The number of aliphatic hydroxyl groups excluding tert-OH is 1. The summed E-state index contributed by atoms with van der Waals surface area (Å²) in [6.07, 6.45) is 2.22. The molecule has 0 aliphatic carbocycles. The number of rotatable bonds is 6. The first kappa shape index (κ1) is 14.7. The molecule has 0 saturated heterocycles. The summed E-state index contributed by atoms with van der Waals surface area (Å²) in [7, 11) is 0. The normalized spacial score (nSPS) is 14.4. The van der Waals surface area contributed by atoms with Gasteiger partial charge in [-0.1, -0.05) is 25.6 Å². The van der Waals surface area contributed by atoms with E-state index in [0.29, 0.717) is 0 Å². The highest BCUT2D eigenvalue weighted by atomic mass is 79.9. The summed E-state index contributed by atoms with van der Waals surface area (Å²) in [5.74, 6) is 0.808. The molecule has 0 aliphatic heterocycles. The molecule has 2 unspecified atom stereocenters. The third kappa shape index (κ3) is 4.44. The summed E-state index contributed by atoms with van der Waals surface area (Å²) >= 11 is 5.04. The van der Waals surface area contributed by atoms with Crippen LogP contribution >= 0.6 is 27.7 Å². The molecule has 0 bridgehead atoms. The van der Waals surface area contributed by atoms with Crippen molar-refractivity contribution in [1.82, 2.24) is 9.97 Å². The van der Waals surface area contributed by atoms with Gasteiger partial charge >= 0.3 is 0 Å². The predicted molar refractivity (Wildman–Crippen MR) is 75.5 cm³/mol. The molecule has 1 rings (SSSR count). The Bertz CT molecular complexity index is 363. The summed E-state index contributed by atoms with van der Waals surface area (Å²) in [6, 6.07) is 0. The van der Waals surface area contributed by atoms with E-state index in [1.807, 2.05) is 6.92 Å². The molecule has 0 spiro atoms. The van der Waals surface area contributed by atoms with Crippen LogP contribution < -0.4 is 5.32 Å². The Morgan fingerprint density at radius 2 is 2.18 bits per heavy atom. The quantitative estimate of drug-likeness (QED) is 0.623. The minimum Gasteiger partial charge on any atom is -0.392 e. The van der Waals surface area contributed by atoms with Crippen LogP contribution in [0.2, 0.25) is 0 Å². The van der Waals surface area contributed by atoms with E-state index in [2.05, 4.69) is 38.1 Å². The minimum absolute atomic E-state index is 0.0974. The molecule has 0 amide bonds. The number of aliphatic hydroxyl groups is 1. The van der Waals surface area contributed by atoms with E-state index >= 15 is 0 Å². The fourth-order valence-corrected chi connectivity index (χ4v) is 2.56. The molecule has 0 radical (unpaired) electrons. The fraction of sp³-hybridized carbons (Fsp3) is 0.636. The van der Waals surface area contributed by atoms with Gasteiger partial charge in [0.2, 0.25) is 0 Å². The van der Waals surface area contributed by atoms with Crippen LogP contribution in [0.4, 0.5) is 5.82 Å². The average molecular weight is 320 g/mol. The van der Waals surface area contributed by atoms with Crippen molar-refractivity contribution >= 4 is 33.5 Å². The highest BCUT2D eigenvalue weighted by molar-refractivity contribution is 9.10. The summed E-state index contributed by atoms with van der Waals surface area (Å²) in [6.45, 7) is 6.74. The molecule has 4 nitrogen and oxygen atoms in total. The number of hydrogen-bond donors (Lipinski definition) is 2. The molecule has 2 N–H and O–H groups in total. The zero-order valence-electron chi connectivity index (χ0n) is 10.3. The van der Waals surface area contributed by atoms with E-state index < -0.39 is 0 Å². The lowest BCUT2D eigenvalue weighted by atomic mass is 10.3. The van der Waals surface area contributed by atoms with E-state index in [1.54, 1.807) is 13.3 Å². The predicted octanol–water partition coefficient (Wildman–Crippen LogP) is 2.92. The number of hydrogen-bond acceptors (Lipinski definition) is 5. The zero-order chi connectivity index (χ0) is 12.8. The van der Waals surface area contributed by atoms with E-state index in [4.69, 9.17) is 0 Å². The number of halogens is 1. The van der Waals surface area contributed by atoms with Gasteiger partial charge in [-0.25, -0.2) is 9.97 Å². The van der Waals surface area contributed by atoms with Crippen molar-refractivity contribution in [1.29, 1.82) is 0 Å². The van der Waals surface area contributed by atoms with E-state index in [1.165, 1.54) is 11.8 Å². The van der Waals surface area contributed by atoms with Gasteiger partial charge in [-0.15, -0.1) is 0 Å². The first-order valence-corrected chi connectivity index (χ1v) is 7.32. The molecule has 0 aromatic carbocycles. The first-order chi connectivity index (χ1) is 8.06. The van der Waals surface area contributed by atoms with Crippen molar-refractivity contribution in [2.75, 3.05) is 11.9 Å². The lowest BCUT2D eigenvalue weighted by Crippen LogP contribution is -2.15. The number of nitrogens with zero attached hydrogens (tertiary/aromatic N) is 2. The van der Waals surface area contributed by atoms with Crippen molar-refractivity contribution in [2.45, 2.75) is 43.6 Å². The van der Waals surface area contributed by atoms with Gasteiger partial charge in [-0.2, -0.15) is 0 Å². The first-order valence-electron chi connectivity index (χ1n) is 5.65. The number of anilines is 1. The van der Waals surface area contributed by atoms with Crippen LogP contribution in [0.15, 0.2) is 15.8 Å². The number of aromatic nitrogens is 2. The maximum absolute atomic E-state index is 9.49. The van der Waals surface area contributed by atoms with E-state index in [-0.39, 0.29) is 11.4 Å². The lowest BCUT2D eigenvalue weighted by molar-refractivity contribution is 0.196. The van der Waals surface area contributed by atoms with Crippen LogP contribution in [-0.2, 0) is 0 Å². The Morgan fingerprint density at radius 1 is 1.47 bits per heavy atom. The van der Waals surface area contributed by atoms with Crippen LogP contribution in [-0.4, -0.2) is 33.0 Å². The smallest absolute Gasteiger partial charge is 0.144 e. The van der Waals surface area contributed by atoms with Gasteiger partial charge in [-0.05, 0) is 29.3 Å². The van der Waals surface area contributed by atoms with Crippen LogP contribution in [0.3, 0.4) is 0 Å². The summed E-state index contributed by atoms with van der Waals surface area (Å²) < 4.78 is 0.867. The summed E-state index contributed by atoms with van der Waals surface area (Å²) in [5.41, 5.74) is 0. The second-order valence-electron chi connectivity index (χ2n) is 3.83. The fourth-order valence-electron chi connectivity index (χ4n) is 1.08. The van der Waals surface area contributed by atoms with Crippen molar-refractivity contribution in [2.24, 2.45) is 0 Å². The van der Waals surface area contributed by atoms with Crippen molar-refractivity contribution in [3.8, 4) is 0 Å². The second-order valence-corrected chi connectivity index (χ2v) is 5.99. The van der Waals surface area contributed by atoms with Crippen LogP contribution in [0.25, 0.3) is 0 Å². The van der Waals surface area contributed by atoms with Gasteiger partial charge in [0.15, 0.2) is 0 Å². The molecule has 1 aromatic rings. The molecule has 6 heteroatoms. The van der Waals surface area contributed by atoms with Gasteiger partial charge in [0, 0.05) is 11.8 Å². The maximum Gasteiger partial charge on any atom is 0.144 e. The van der Waals surface area contributed by atoms with Gasteiger partial charge in [0.1, 0.15) is 17.2 Å². The largest absolute Gasteiger partial charge is 0.392 e. The summed E-state index contributed by atoms with van der Waals surface area (Å²) in [4.78, 5) is 8.41. The standard InChI is InChI=1S/C11H18BrN3OS/c1-4-5-13-10-9(12)11(15-6-14-10)17-8(3)7(2)16/h6-8,16H,4-5H2,1-3H3,(H,13,14,15). The molecular weight excluding hydrogens is 302 g/mol. The van der Waals surface area contributed by atoms with E-state index in [0.717, 1.165) is 28.3 Å². The molecule has 0 saturated carbocycles. The number of nitrogens with one attached hydrogen (secondary N) is 1. The van der Waals surface area contributed by atoms with Crippen molar-refractivity contribution in [3.63, 3.8) is 0 Å². The highest BCUT2D eigenvalue weighted by Crippen LogP contribution is 2.33. The highest BCUT2D eigenvalue weighted by Gasteiger charge is 2.15. The van der Waals surface area contributed by atoms with Crippen molar-refractivity contribution in [3.05, 3.63) is 10.8 Å². The molecule has 17 heavy (non-hydrogen) atoms. The number of thioether (sulfide) groups is 1. The Kier molecular flexibility index (Phi) is 6.22. The van der Waals surface area contributed by atoms with E-state index in [9.17, 15) is 5.11 Å².